The summed E-state index contributed by atoms with van der Waals surface area (Å²) in [6.07, 6.45) is 2.48. The topological polar surface area (TPSA) is 56.7 Å². The number of aromatic hydroxyl groups is 1. The van der Waals surface area contributed by atoms with E-state index in [0.717, 1.165) is 12.1 Å². The van der Waals surface area contributed by atoms with Gasteiger partial charge in [-0.3, -0.25) is 4.99 Å². The second-order valence-corrected chi connectivity index (χ2v) is 7.15. The average molecular weight is 439 g/mol. The molecule has 0 aromatic heterocycles. The fourth-order valence-corrected chi connectivity index (χ4v) is 3.56. The van der Waals surface area contributed by atoms with Crippen LogP contribution in [0, 0.1) is 5.82 Å². The lowest BCUT2D eigenvalue weighted by molar-refractivity contribution is 0.431. The summed E-state index contributed by atoms with van der Waals surface area (Å²) < 4.78 is 13.5. The summed E-state index contributed by atoms with van der Waals surface area (Å²) in [5.41, 5.74) is 0.759. The van der Waals surface area contributed by atoms with Crippen LogP contribution in [-0.4, -0.2) is 35.2 Å². The molecule has 22 heavy (non-hydrogen) atoms. The highest BCUT2D eigenvalue weighted by molar-refractivity contribution is 14.0. The molecule has 3 N–H and O–H groups in total. The van der Waals surface area contributed by atoms with Gasteiger partial charge < -0.3 is 15.7 Å². The van der Waals surface area contributed by atoms with Gasteiger partial charge in [0, 0.05) is 24.9 Å². The number of thioether (sulfide) groups is 1. The zero-order valence-corrected chi connectivity index (χ0v) is 16.0. The molecule has 2 rings (SSSR count). The number of guanidine groups is 1. The third kappa shape index (κ3) is 5.49. The highest BCUT2D eigenvalue weighted by Crippen LogP contribution is 2.36. The number of phenolic OH excluding ortho intramolecular Hbond substituents is 1. The van der Waals surface area contributed by atoms with Crippen LogP contribution >= 0.6 is 35.7 Å². The van der Waals surface area contributed by atoms with Crippen LogP contribution in [0.25, 0.3) is 0 Å². The fraction of sp³-hybridized carbons (Fsp3) is 0.533. The summed E-state index contributed by atoms with van der Waals surface area (Å²) in [6, 6.07) is 4.37. The minimum absolute atomic E-state index is 0. The molecule has 0 spiro atoms. The Morgan fingerprint density at radius 2 is 2.23 bits per heavy atom. The van der Waals surface area contributed by atoms with E-state index in [4.69, 9.17) is 5.11 Å². The highest BCUT2D eigenvalue weighted by atomic mass is 127. The van der Waals surface area contributed by atoms with Crippen molar-refractivity contribution in [3.63, 3.8) is 0 Å². The van der Waals surface area contributed by atoms with Gasteiger partial charge in [-0.2, -0.15) is 11.8 Å². The number of nitrogens with zero attached hydrogens (tertiary/aromatic N) is 1. The van der Waals surface area contributed by atoms with Crippen LogP contribution in [0.3, 0.4) is 0 Å². The molecule has 0 aliphatic carbocycles. The average Bonchev–Trinajstić information content (AvgIpc) is 2.90. The van der Waals surface area contributed by atoms with Crippen molar-refractivity contribution < 1.29 is 9.50 Å². The molecule has 1 aliphatic rings. The predicted octanol–water partition coefficient (Wildman–Crippen LogP) is 3.10. The summed E-state index contributed by atoms with van der Waals surface area (Å²) in [5, 5.41) is 15.6. The van der Waals surface area contributed by atoms with Gasteiger partial charge in [0.05, 0.1) is 0 Å². The van der Waals surface area contributed by atoms with E-state index in [1.165, 1.54) is 30.7 Å². The van der Waals surface area contributed by atoms with Gasteiger partial charge in [0.25, 0.3) is 0 Å². The van der Waals surface area contributed by atoms with E-state index in [2.05, 4.69) is 22.5 Å². The molecule has 0 saturated carbocycles. The van der Waals surface area contributed by atoms with Crippen LogP contribution in [0.4, 0.5) is 4.39 Å². The molecule has 0 radical (unpaired) electrons. The van der Waals surface area contributed by atoms with E-state index in [1.807, 2.05) is 11.8 Å². The molecule has 1 heterocycles. The Balaban J connectivity index is 0.00000242. The van der Waals surface area contributed by atoms with Gasteiger partial charge in [0.15, 0.2) is 17.5 Å². The zero-order valence-electron chi connectivity index (χ0n) is 12.9. The number of nitrogens with one attached hydrogen (secondary N) is 2. The third-order valence-corrected chi connectivity index (χ3v) is 5.16. The predicted molar refractivity (Wildman–Crippen MR) is 102 cm³/mol. The van der Waals surface area contributed by atoms with Crippen molar-refractivity contribution >= 4 is 41.7 Å². The monoisotopic (exact) mass is 439 g/mol. The summed E-state index contributed by atoms with van der Waals surface area (Å²) in [5.74, 6) is 0.994. The first-order valence-corrected chi connectivity index (χ1v) is 8.07. The number of hydrogen-bond donors (Lipinski definition) is 3. The lowest BCUT2D eigenvalue weighted by Gasteiger charge is -2.24. The van der Waals surface area contributed by atoms with Crippen molar-refractivity contribution in [1.29, 1.82) is 0 Å². The summed E-state index contributed by atoms with van der Waals surface area (Å²) >= 11 is 1.99. The molecular weight excluding hydrogens is 416 g/mol. The van der Waals surface area contributed by atoms with Crippen LogP contribution in [0.15, 0.2) is 23.2 Å². The van der Waals surface area contributed by atoms with Gasteiger partial charge in [0.2, 0.25) is 0 Å². The van der Waals surface area contributed by atoms with E-state index >= 15 is 0 Å². The molecule has 1 fully saturated rings. The molecule has 1 aliphatic heterocycles. The second-order valence-electron chi connectivity index (χ2n) is 5.47. The molecule has 1 aromatic carbocycles. The molecule has 1 unspecified atom stereocenters. The Hall–Kier alpha value is -0.700. The van der Waals surface area contributed by atoms with E-state index < -0.39 is 5.82 Å². The molecule has 4 nitrogen and oxygen atoms in total. The zero-order chi connectivity index (χ0) is 15.3. The first-order valence-electron chi connectivity index (χ1n) is 7.08. The lowest BCUT2D eigenvalue weighted by atomic mass is 10.1. The highest BCUT2D eigenvalue weighted by Gasteiger charge is 2.29. The number of rotatable bonds is 4. The second kappa shape index (κ2) is 8.81. The fourth-order valence-electron chi connectivity index (χ4n) is 2.31. The number of halogens is 2. The van der Waals surface area contributed by atoms with Gasteiger partial charge >= 0.3 is 0 Å². The lowest BCUT2D eigenvalue weighted by Crippen LogP contribution is -2.43. The van der Waals surface area contributed by atoms with Crippen molar-refractivity contribution in [2.75, 3.05) is 19.3 Å². The Morgan fingerprint density at radius 1 is 1.45 bits per heavy atom. The van der Waals surface area contributed by atoms with Crippen LogP contribution in [0.5, 0.6) is 5.75 Å². The smallest absolute Gasteiger partial charge is 0.191 e. The Bertz CT molecular complexity index is 522. The van der Waals surface area contributed by atoms with E-state index in [-0.39, 0.29) is 34.5 Å². The van der Waals surface area contributed by atoms with Crippen molar-refractivity contribution in [3.8, 4) is 5.75 Å². The largest absolute Gasteiger partial charge is 0.505 e. The number of phenols is 1. The maximum atomic E-state index is 13.3. The van der Waals surface area contributed by atoms with Gasteiger partial charge in [-0.15, -0.1) is 24.0 Å². The van der Waals surface area contributed by atoms with Crippen LogP contribution in [-0.2, 0) is 6.54 Å². The molecule has 0 bridgehead atoms. The molecule has 1 saturated heterocycles. The van der Waals surface area contributed by atoms with Gasteiger partial charge in [-0.25, -0.2) is 4.39 Å². The van der Waals surface area contributed by atoms with Crippen LogP contribution < -0.4 is 10.6 Å². The minimum Gasteiger partial charge on any atom is -0.505 e. The number of hydrogen-bond acceptors (Lipinski definition) is 3. The first-order chi connectivity index (χ1) is 10.0. The van der Waals surface area contributed by atoms with Gasteiger partial charge in [-0.05, 0) is 43.2 Å². The Morgan fingerprint density at radius 3 is 2.82 bits per heavy atom. The van der Waals surface area contributed by atoms with E-state index in [1.54, 1.807) is 13.1 Å². The Labute approximate surface area is 152 Å². The quantitative estimate of drug-likeness (QED) is 0.384. The minimum atomic E-state index is -0.605. The molecule has 1 aromatic rings. The molecule has 0 amide bonds. The molecule has 1 atom stereocenters. The third-order valence-electron chi connectivity index (χ3n) is 3.63. The standard InChI is InChI=1S/C15H22FN3OS.HI/c1-15(6-3-7-21-15)10-19-14(17-2)18-9-11-4-5-13(20)12(16)8-11;/h4-5,8,20H,3,6-7,9-10H2,1-2H3,(H2,17,18,19);1H. The summed E-state index contributed by atoms with van der Waals surface area (Å²) in [4.78, 5) is 4.18. The van der Waals surface area contributed by atoms with Gasteiger partial charge in [0.1, 0.15) is 0 Å². The number of benzene rings is 1. The Kier molecular flexibility index (Phi) is 7.75. The van der Waals surface area contributed by atoms with E-state index in [0.29, 0.717) is 12.5 Å². The van der Waals surface area contributed by atoms with Crippen molar-refractivity contribution in [2.24, 2.45) is 4.99 Å². The maximum Gasteiger partial charge on any atom is 0.191 e. The first kappa shape index (κ1) is 19.3. The van der Waals surface area contributed by atoms with Gasteiger partial charge in [-0.1, -0.05) is 6.07 Å². The van der Waals surface area contributed by atoms with Crippen molar-refractivity contribution in [2.45, 2.75) is 31.1 Å². The van der Waals surface area contributed by atoms with Crippen LogP contribution in [0.1, 0.15) is 25.3 Å². The normalized spacial score (nSPS) is 21.3. The van der Waals surface area contributed by atoms with Crippen LogP contribution in [0.2, 0.25) is 0 Å². The molecule has 7 heteroatoms. The van der Waals surface area contributed by atoms with E-state index in [9.17, 15) is 4.39 Å². The molecular formula is C15H23FIN3OS. The maximum absolute atomic E-state index is 13.3. The van der Waals surface area contributed by atoms with Crippen molar-refractivity contribution in [1.82, 2.24) is 10.6 Å². The summed E-state index contributed by atoms with van der Waals surface area (Å²) in [7, 11) is 1.72. The SMILES string of the molecule is CN=C(NCc1ccc(O)c(F)c1)NCC1(C)CCCS1.I. The summed E-state index contributed by atoms with van der Waals surface area (Å²) in [6.45, 7) is 3.59. The number of aliphatic imine (C=N–C) groups is 1. The molecule has 124 valence electrons. The van der Waals surface area contributed by atoms with Crippen molar-refractivity contribution in [3.05, 3.63) is 29.6 Å².